The molecular formula is C20H30N2O2. The topological polar surface area (TPSA) is 32.8 Å². The zero-order chi connectivity index (χ0) is 17.0. The Morgan fingerprint density at radius 3 is 2.62 bits per heavy atom. The molecule has 0 radical (unpaired) electrons. The molecular weight excluding hydrogens is 300 g/mol. The summed E-state index contributed by atoms with van der Waals surface area (Å²) in [6.07, 6.45) is 4.96. The smallest absolute Gasteiger partial charge is 0.316 e. The van der Waals surface area contributed by atoms with E-state index in [9.17, 15) is 4.79 Å². The van der Waals surface area contributed by atoms with E-state index in [0.29, 0.717) is 5.92 Å². The van der Waals surface area contributed by atoms with E-state index in [1.165, 1.54) is 39.5 Å². The Hall–Kier alpha value is -1.39. The highest BCUT2D eigenvalue weighted by Crippen LogP contribution is 2.55. The molecule has 0 unspecified atom stereocenters. The first-order chi connectivity index (χ1) is 11.7. The predicted molar refractivity (Wildman–Crippen MR) is 96.0 cm³/mol. The molecule has 1 aromatic carbocycles. The number of hydrogen-bond acceptors (Lipinski definition) is 4. The zero-order valence-corrected chi connectivity index (χ0v) is 15.0. The van der Waals surface area contributed by atoms with Crippen molar-refractivity contribution in [2.45, 2.75) is 31.1 Å². The summed E-state index contributed by atoms with van der Waals surface area (Å²) in [5.41, 5.74) is 0.682. The summed E-state index contributed by atoms with van der Waals surface area (Å²) in [5.74, 6) is 0.279. The van der Waals surface area contributed by atoms with Gasteiger partial charge in [0.05, 0.1) is 12.5 Å². The van der Waals surface area contributed by atoms with Gasteiger partial charge in [-0.2, -0.15) is 0 Å². The minimum Gasteiger partial charge on any atom is -0.468 e. The quantitative estimate of drug-likeness (QED) is 0.719. The predicted octanol–water partition coefficient (Wildman–Crippen LogP) is 2.54. The molecule has 4 heteroatoms. The summed E-state index contributed by atoms with van der Waals surface area (Å²) in [4.78, 5) is 17.4. The van der Waals surface area contributed by atoms with Crippen molar-refractivity contribution in [1.82, 2.24) is 9.80 Å². The van der Waals surface area contributed by atoms with Crippen molar-refractivity contribution in [2.24, 2.45) is 5.92 Å². The van der Waals surface area contributed by atoms with Crippen LogP contribution >= 0.6 is 0 Å². The zero-order valence-electron chi connectivity index (χ0n) is 15.0. The average molecular weight is 330 g/mol. The number of rotatable bonds is 7. The fourth-order valence-corrected chi connectivity index (χ4v) is 4.15. The number of likely N-dealkylation sites (tertiary alicyclic amines) is 1. The Balaban J connectivity index is 1.56. The lowest BCUT2D eigenvalue weighted by molar-refractivity contribution is -0.144. The first-order valence-electron chi connectivity index (χ1n) is 9.21. The highest BCUT2D eigenvalue weighted by Gasteiger charge is 2.62. The van der Waals surface area contributed by atoms with Crippen molar-refractivity contribution in [2.75, 3.05) is 46.9 Å². The van der Waals surface area contributed by atoms with Crippen LogP contribution in [0, 0.1) is 5.92 Å². The molecule has 24 heavy (non-hydrogen) atoms. The summed E-state index contributed by atoms with van der Waals surface area (Å²) in [6, 6.07) is 10.1. The first-order valence-corrected chi connectivity index (χ1v) is 9.21. The van der Waals surface area contributed by atoms with E-state index in [1.54, 1.807) is 0 Å². The van der Waals surface area contributed by atoms with E-state index in [4.69, 9.17) is 4.74 Å². The van der Waals surface area contributed by atoms with Crippen LogP contribution in [0.5, 0.6) is 0 Å². The third-order valence-electron chi connectivity index (χ3n) is 5.72. The Labute approximate surface area is 145 Å². The molecule has 0 bridgehead atoms. The number of methoxy groups -OCH3 is 1. The van der Waals surface area contributed by atoms with Crippen LogP contribution in [0.1, 0.15) is 31.2 Å². The standard InChI is InChI=1S/C20H30N2O2/c1-21(13-14-22-11-7-4-8-12-22)16-18-15-20(18,19(23)24-2)17-9-5-3-6-10-17/h3,5-6,9-10,18H,4,7-8,11-16H2,1-2H3/t18-,20+/m1/s1. The number of carbonyl (C=O) groups is 1. The van der Waals surface area contributed by atoms with Crippen LogP contribution in [0.3, 0.4) is 0 Å². The molecule has 0 N–H and O–H groups in total. The van der Waals surface area contributed by atoms with Gasteiger partial charge in [0, 0.05) is 19.6 Å². The van der Waals surface area contributed by atoms with Crippen LogP contribution in [-0.4, -0.2) is 62.7 Å². The van der Waals surface area contributed by atoms with Gasteiger partial charge in [-0.15, -0.1) is 0 Å². The molecule has 2 fully saturated rings. The number of ether oxygens (including phenoxy) is 1. The molecule has 0 aromatic heterocycles. The lowest BCUT2D eigenvalue weighted by Gasteiger charge is -2.28. The minimum absolute atomic E-state index is 0.0804. The Morgan fingerprint density at radius 2 is 1.96 bits per heavy atom. The van der Waals surface area contributed by atoms with Crippen molar-refractivity contribution in [3.63, 3.8) is 0 Å². The monoisotopic (exact) mass is 330 g/mol. The number of hydrogen-bond donors (Lipinski definition) is 0. The summed E-state index contributed by atoms with van der Waals surface area (Å²) < 4.78 is 5.13. The Morgan fingerprint density at radius 1 is 1.25 bits per heavy atom. The lowest BCUT2D eigenvalue weighted by atomic mass is 9.93. The van der Waals surface area contributed by atoms with E-state index in [2.05, 4.69) is 29.0 Å². The van der Waals surface area contributed by atoms with Crippen LogP contribution in [-0.2, 0) is 14.9 Å². The highest BCUT2D eigenvalue weighted by atomic mass is 16.5. The molecule has 1 heterocycles. The van der Waals surface area contributed by atoms with Crippen LogP contribution in [0.25, 0.3) is 0 Å². The van der Waals surface area contributed by atoms with Crippen LogP contribution in [0.4, 0.5) is 0 Å². The van der Waals surface area contributed by atoms with Gasteiger partial charge in [0.25, 0.3) is 0 Å². The maximum Gasteiger partial charge on any atom is 0.316 e. The summed E-state index contributed by atoms with van der Waals surface area (Å²) in [5, 5.41) is 0. The molecule has 1 aliphatic carbocycles. The van der Waals surface area contributed by atoms with E-state index < -0.39 is 5.41 Å². The Kier molecular flexibility index (Phi) is 5.57. The van der Waals surface area contributed by atoms with E-state index in [0.717, 1.165) is 31.6 Å². The third-order valence-corrected chi connectivity index (χ3v) is 5.72. The lowest BCUT2D eigenvalue weighted by Crippen LogP contribution is -2.38. The second-order valence-electron chi connectivity index (χ2n) is 7.39. The fraction of sp³-hybridized carbons (Fsp3) is 0.650. The number of likely N-dealkylation sites (N-methyl/N-ethyl adjacent to an activating group) is 1. The van der Waals surface area contributed by atoms with Crippen molar-refractivity contribution < 1.29 is 9.53 Å². The molecule has 1 aromatic rings. The highest BCUT2D eigenvalue weighted by molar-refractivity contribution is 5.87. The van der Waals surface area contributed by atoms with Gasteiger partial charge < -0.3 is 14.5 Å². The van der Waals surface area contributed by atoms with E-state index in [-0.39, 0.29) is 5.97 Å². The molecule has 4 nitrogen and oxygen atoms in total. The number of carbonyl (C=O) groups excluding carboxylic acids is 1. The van der Waals surface area contributed by atoms with Crippen LogP contribution in [0.15, 0.2) is 30.3 Å². The molecule has 0 spiro atoms. The van der Waals surface area contributed by atoms with Gasteiger partial charge in [0.15, 0.2) is 0 Å². The molecule has 1 aliphatic heterocycles. The molecule has 1 saturated heterocycles. The summed E-state index contributed by atoms with van der Waals surface area (Å²) >= 11 is 0. The number of nitrogens with zero attached hydrogens (tertiary/aromatic N) is 2. The normalized spacial score (nSPS) is 27.2. The second-order valence-corrected chi connectivity index (χ2v) is 7.39. The van der Waals surface area contributed by atoms with Crippen LogP contribution in [0.2, 0.25) is 0 Å². The fourth-order valence-electron chi connectivity index (χ4n) is 4.15. The maximum absolute atomic E-state index is 12.4. The average Bonchev–Trinajstić information content (AvgIpc) is 3.36. The van der Waals surface area contributed by atoms with Gasteiger partial charge in [-0.3, -0.25) is 4.79 Å². The van der Waals surface area contributed by atoms with Crippen molar-refractivity contribution in [3.8, 4) is 0 Å². The number of esters is 1. The Bertz CT molecular complexity index is 542. The molecule has 2 aliphatic rings. The largest absolute Gasteiger partial charge is 0.468 e. The van der Waals surface area contributed by atoms with Crippen LogP contribution < -0.4 is 0 Å². The molecule has 3 rings (SSSR count). The third kappa shape index (κ3) is 3.65. The van der Waals surface area contributed by atoms with Gasteiger partial charge in [0.1, 0.15) is 0 Å². The molecule has 2 atom stereocenters. The summed E-state index contributed by atoms with van der Waals surface area (Å²) in [6.45, 7) is 5.65. The maximum atomic E-state index is 12.4. The molecule has 132 valence electrons. The van der Waals surface area contributed by atoms with Gasteiger partial charge in [-0.25, -0.2) is 0 Å². The van der Waals surface area contributed by atoms with Crippen molar-refractivity contribution in [3.05, 3.63) is 35.9 Å². The van der Waals surface area contributed by atoms with E-state index >= 15 is 0 Å². The van der Waals surface area contributed by atoms with Crippen molar-refractivity contribution >= 4 is 5.97 Å². The molecule has 1 saturated carbocycles. The van der Waals surface area contributed by atoms with Gasteiger partial charge in [0.2, 0.25) is 0 Å². The minimum atomic E-state index is -0.421. The number of piperidine rings is 1. The second kappa shape index (κ2) is 7.66. The number of benzene rings is 1. The van der Waals surface area contributed by atoms with Gasteiger partial charge >= 0.3 is 5.97 Å². The van der Waals surface area contributed by atoms with Gasteiger partial charge in [-0.05, 0) is 50.9 Å². The summed E-state index contributed by atoms with van der Waals surface area (Å²) in [7, 11) is 3.68. The SMILES string of the molecule is COC(=O)[C@]1(c2ccccc2)C[C@@H]1CN(C)CCN1CCCCC1. The van der Waals surface area contributed by atoms with E-state index in [1.807, 2.05) is 18.2 Å². The first kappa shape index (κ1) is 17.4. The van der Waals surface area contributed by atoms with Crippen molar-refractivity contribution in [1.29, 1.82) is 0 Å². The molecule has 0 amide bonds. The van der Waals surface area contributed by atoms with Gasteiger partial charge in [-0.1, -0.05) is 36.8 Å².